The lowest BCUT2D eigenvalue weighted by molar-refractivity contribution is 1.07. The Bertz CT molecular complexity index is 645. The Morgan fingerprint density at radius 1 is 1.00 bits per heavy atom. The highest BCUT2D eigenvalue weighted by Crippen LogP contribution is 2.19. The number of benzene rings is 2. The van der Waals surface area contributed by atoms with Crippen molar-refractivity contribution in [3.63, 3.8) is 0 Å². The first-order chi connectivity index (χ1) is 10.8. The number of hydrogen-bond donors (Lipinski definition) is 2. The monoisotopic (exact) mass is 291 g/mol. The zero-order chi connectivity index (χ0) is 15.6. The van der Waals surface area contributed by atoms with Gasteiger partial charge in [-0.3, -0.25) is 5.10 Å². The van der Waals surface area contributed by atoms with Crippen molar-refractivity contribution in [2.75, 3.05) is 5.32 Å². The Morgan fingerprint density at radius 2 is 1.55 bits per heavy atom. The molecule has 2 aromatic carbocycles. The SMILES string of the molecule is C=C(C)c1[nH]ncc1NCc1ccccc1.c1ccccc1. The number of anilines is 1. The summed E-state index contributed by atoms with van der Waals surface area (Å²) in [7, 11) is 0. The first-order valence-electron chi connectivity index (χ1n) is 7.24. The molecule has 1 heterocycles. The average molecular weight is 291 g/mol. The number of hydrogen-bond acceptors (Lipinski definition) is 2. The normalized spacial score (nSPS) is 9.50. The van der Waals surface area contributed by atoms with E-state index in [9.17, 15) is 0 Å². The summed E-state index contributed by atoms with van der Waals surface area (Å²) in [6.07, 6.45) is 1.78. The van der Waals surface area contributed by atoms with Crippen molar-refractivity contribution in [3.8, 4) is 0 Å². The predicted octanol–water partition coefficient (Wildman–Crippen LogP) is 4.74. The summed E-state index contributed by atoms with van der Waals surface area (Å²) in [6, 6.07) is 22.3. The standard InChI is InChI=1S/C13H15N3.C6H6/c1-10(2)13-12(9-15-16-13)14-8-11-6-4-3-5-7-11;1-2-4-6-5-3-1/h3-7,9,14H,1,8H2,2H3,(H,15,16);1-6H. The highest BCUT2D eigenvalue weighted by molar-refractivity contribution is 5.70. The van der Waals surface area contributed by atoms with E-state index in [0.29, 0.717) is 0 Å². The third kappa shape index (κ3) is 4.94. The molecule has 0 aliphatic rings. The van der Waals surface area contributed by atoms with Gasteiger partial charge < -0.3 is 5.32 Å². The van der Waals surface area contributed by atoms with Gasteiger partial charge in [-0.05, 0) is 18.1 Å². The fourth-order valence-electron chi connectivity index (χ4n) is 1.92. The lowest BCUT2D eigenvalue weighted by Gasteiger charge is -2.06. The summed E-state index contributed by atoms with van der Waals surface area (Å²) in [5, 5.41) is 10.3. The lowest BCUT2D eigenvalue weighted by Crippen LogP contribution is -2.00. The van der Waals surface area contributed by atoms with Gasteiger partial charge in [0.2, 0.25) is 0 Å². The Hall–Kier alpha value is -2.81. The average Bonchev–Trinajstić information content (AvgIpc) is 3.05. The molecule has 3 heteroatoms. The van der Waals surface area contributed by atoms with Crippen LogP contribution >= 0.6 is 0 Å². The quantitative estimate of drug-likeness (QED) is 0.729. The van der Waals surface area contributed by atoms with Crippen molar-refractivity contribution in [2.45, 2.75) is 13.5 Å². The summed E-state index contributed by atoms with van der Waals surface area (Å²) in [5.74, 6) is 0. The molecule has 3 rings (SSSR count). The van der Waals surface area contributed by atoms with Crippen LogP contribution in [-0.4, -0.2) is 10.2 Å². The summed E-state index contributed by atoms with van der Waals surface area (Å²) >= 11 is 0. The second-order valence-electron chi connectivity index (χ2n) is 4.93. The molecule has 1 aromatic heterocycles. The maximum atomic E-state index is 4.01. The molecule has 0 saturated carbocycles. The van der Waals surface area contributed by atoms with Gasteiger partial charge >= 0.3 is 0 Å². The molecule has 3 aromatic rings. The van der Waals surface area contributed by atoms with Gasteiger partial charge in [-0.15, -0.1) is 0 Å². The molecule has 2 N–H and O–H groups in total. The van der Waals surface area contributed by atoms with Crippen molar-refractivity contribution >= 4 is 11.3 Å². The van der Waals surface area contributed by atoms with Gasteiger partial charge in [0.1, 0.15) is 0 Å². The predicted molar refractivity (Wildman–Crippen MR) is 93.5 cm³/mol. The Kier molecular flexibility index (Phi) is 6.00. The minimum atomic E-state index is 0.792. The Balaban J connectivity index is 0.000000246. The fourth-order valence-corrected chi connectivity index (χ4v) is 1.92. The molecule has 0 amide bonds. The third-order valence-electron chi connectivity index (χ3n) is 3.06. The van der Waals surface area contributed by atoms with Gasteiger partial charge in [-0.1, -0.05) is 73.3 Å². The van der Waals surface area contributed by atoms with Gasteiger partial charge in [0.25, 0.3) is 0 Å². The Morgan fingerprint density at radius 3 is 2.09 bits per heavy atom. The molecular formula is C19H21N3. The van der Waals surface area contributed by atoms with Crippen LogP contribution in [0.5, 0.6) is 0 Å². The van der Waals surface area contributed by atoms with Gasteiger partial charge in [0.15, 0.2) is 0 Å². The first kappa shape index (κ1) is 15.6. The van der Waals surface area contributed by atoms with Crippen LogP contribution in [0.2, 0.25) is 0 Å². The molecule has 0 unspecified atom stereocenters. The van der Waals surface area contributed by atoms with Crippen LogP contribution in [0.25, 0.3) is 5.57 Å². The van der Waals surface area contributed by atoms with Crippen molar-refractivity contribution in [1.29, 1.82) is 0 Å². The summed E-state index contributed by atoms with van der Waals surface area (Å²) in [6.45, 7) is 6.65. The number of aromatic nitrogens is 2. The highest BCUT2D eigenvalue weighted by atomic mass is 15.1. The van der Waals surface area contributed by atoms with Crippen LogP contribution in [0.1, 0.15) is 18.2 Å². The van der Waals surface area contributed by atoms with Crippen molar-refractivity contribution < 1.29 is 0 Å². The number of H-pyrrole nitrogens is 1. The topological polar surface area (TPSA) is 40.7 Å². The highest BCUT2D eigenvalue weighted by Gasteiger charge is 2.04. The van der Waals surface area contributed by atoms with E-state index in [0.717, 1.165) is 23.5 Å². The van der Waals surface area contributed by atoms with Crippen LogP contribution in [0.15, 0.2) is 79.5 Å². The van der Waals surface area contributed by atoms with E-state index in [1.165, 1.54) is 5.56 Å². The number of rotatable bonds is 4. The largest absolute Gasteiger partial charge is 0.378 e. The molecule has 0 spiro atoms. The van der Waals surface area contributed by atoms with Crippen LogP contribution < -0.4 is 5.32 Å². The number of aromatic amines is 1. The second-order valence-corrected chi connectivity index (χ2v) is 4.93. The number of allylic oxidation sites excluding steroid dienone is 1. The molecule has 112 valence electrons. The zero-order valence-corrected chi connectivity index (χ0v) is 12.8. The second kappa shape index (κ2) is 8.47. The molecule has 0 atom stereocenters. The molecule has 0 radical (unpaired) electrons. The van der Waals surface area contributed by atoms with Gasteiger partial charge in [-0.25, -0.2) is 0 Å². The minimum absolute atomic E-state index is 0.792. The molecule has 22 heavy (non-hydrogen) atoms. The van der Waals surface area contributed by atoms with E-state index < -0.39 is 0 Å². The minimum Gasteiger partial charge on any atom is -0.378 e. The van der Waals surface area contributed by atoms with Crippen LogP contribution in [0, 0.1) is 0 Å². The van der Waals surface area contributed by atoms with E-state index >= 15 is 0 Å². The summed E-state index contributed by atoms with van der Waals surface area (Å²) in [5.41, 5.74) is 4.19. The lowest BCUT2D eigenvalue weighted by atomic mass is 10.2. The molecule has 0 aliphatic carbocycles. The molecule has 0 aliphatic heterocycles. The van der Waals surface area contributed by atoms with Crippen LogP contribution in [0.4, 0.5) is 5.69 Å². The molecule has 3 nitrogen and oxygen atoms in total. The summed E-state index contributed by atoms with van der Waals surface area (Å²) in [4.78, 5) is 0. The smallest absolute Gasteiger partial charge is 0.0833 e. The Labute approximate surface area is 131 Å². The number of nitrogens with one attached hydrogen (secondary N) is 2. The summed E-state index contributed by atoms with van der Waals surface area (Å²) < 4.78 is 0. The van der Waals surface area contributed by atoms with E-state index in [2.05, 4.69) is 34.2 Å². The fraction of sp³-hybridized carbons (Fsp3) is 0.105. The van der Waals surface area contributed by atoms with Crippen molar-refractivity contribution in [1.82, 2.24) is 10.2 Å². The van der Waals surface area contributed by atoms with E-state index in [-0.39, 0.29) is 0 Å². The van der Waals surface area contributed by atoms with Crippen molar-refractivity contribution in [2.24, 2.45) is 0 Å². The van der Waals surface area contributed by atoms with Gasteiger partial charge in [-0.2, -0.15) is 5.10 Å². The zero-order valence-electron chi connectivity index (χ0n) is 12.8. The number of nitrogens with zero attached hydrogens (tertiary/aromatic N) is 1. The molecule has 0 fully saturated rings. The van der Waals surface area contributed by atoms with Crippen LogP contribution in [0.3, 0.4) is 0 Å². The third-order valence-corrected chi connectivity index (χ3v) is 3.06. The maximum absolute atomic E-state index is 4.01. The molecule has 0 saturated heterocycles. The van der Waals surface area contributed by atoms with E-state index in [1.54, 1.807) is 6.20 Å². The van der Waals surface area contributed by atoms with E-state index in [1.807, 2.05) is 61.5 Å². The van der Waals surface area contributed by atoms with Crippen molar-refractivity contribution in [3.05, 3.63) is 90.8 Å². The van der Waals surface area contributed by atoms with Crippen LogP contribution in [-0.2, 0) is 6.54 Å². The molecule has 0 bridgehead atoms. The first-order valence-corrected chi connectivity index (χ1v) is 7.24. The molecular weight excluding hydrogens is 270 g/mol. The van der Waals surface area contributed by atoms with E-state index in [4.69, 9.17) is 0 Å². The van der Waals surface area contributed by atoms with Gasteiger partial charge in [0.05, 0.1) is 17.6 Å². The van der Waals surface area contributed by atoms with Gasteiger partial charge in [0, 0.05) is 6.54 Å². The maximum Gasteiger partial charge on any atom is 0.0833 e.